The van der Waals surface area contributed by atoms with Crippen LogP contribution in [-0.2, 0) is 9.59 Å². The lowest BCUT2D eigenvalue weighted by molar-refractivity contribution is -0.117. The van der Waals surface area contributed by atoms with E-state index in [2.05, 4.69) is 22.9 Å². The van der Waals surface area contributed by atoms with Crippen molar-refractivity contribution in [1.29, 1.82) is 0 Å². The molecule has 1 saturated heterocycles. The van der Waals surface area contributed by atoms with Crippen molar-refractivity contribution in [3.63, 3.8) is 0 Å². The molecule has 0 saturated carbocycles. The Labute approximate surface area is 142 Å². The highest BCUT2D eigenvalue weighted by atomic mass is 35.5. The van der Waals surface area contributed by atoms with Crippen molar-refractivity contribution in [3.05, 3.63) is 23.2 Å². The Morgan fingerprint density at radius 1 is 1.35 bits per heavy atom. The predicted molar refractivity (Wildman–Crippen MR) is 93.8 cm³/mol. The fourth-order valence-electron chi connectivity index (χ4n) is 2.94. The third-order valence-corrected chi connectivity index (χ3v) is 4.45. The summed E-state index contributed by atoms with van der Waals surface area (Å²) in [4.78, 5) is 23.6. The van der Waals surface area contributed by atoms with E-state index in [0.29, 0.717) is 34.7 Å². The van der Waals surface area contributed by atoms with E-state index < -0.39 is 0 Å². The molecule has 1 fully saturated rings. The second kappa shape index (κ2) is 8.31. The van der Waals surface area contributed by atoms with Crippen molar-refractivity contribution < 1.29 is 9.59 Å². The molecule has 2 rings (SSSR count). The lowest BCUT2D eigenvalue weighted by Crippen LogP contribution is -2.34. The van der Waals surface area contributed by atoms with Gasteiger partial charge in [0.2, 0.25) is 11.8 Å². The van der Waals surface area contributed by atoms with Crippen LogP contribution in [0, 0.1) is 11.8 Å². The summed E-state index contributed by atoms with van der Waals surface area (Å²) < 4.78 is 0. The third-order valence-electron chi connectivity index (χ3n) is 4.21. The van der Waals surface area contributed by atoms with Crippen molar-refractivity contribution in [1.82, 2.24) is 5.32 Å². The van der Waals surface area contributed by atoms with Crippen LogP contribution in [0.5, 0.6) is 0 Å². The van der Waals surface area contributed by atoms with Crippen molar-refractivity contribution >= 4 is 34.8 Å². The Bertz CT molecular complexity index is 571. The van der Waals surface area contributed by atoms with Crippen LogP contribution in [0.2, 0.25) is 5.02 Å². The maximum atomic E-state index is 12.3. The Morgan fingerprint density at radius 3 is 2.78 bits per heavy atom. The fourth-order valence-corrected chi connectivity index (χ4v) is 3.12. The number of rotatable bonds is 5. The van der Waals surface area contributed by atoms with E-state index in [1.54, 1.807) is 18.2 Å². The summed E-state index contributed by atoms with van der Waals surface area (Å²) in [6, 6.07) is 5.02. The van der Waals surface area contributed by atoms with E-state index in [1.165, 1.54) is 6.92 Å². The van der Waals surface area contributed by atoms with Gasteiger partial charge in [0, 0.05) is 18.4 Å². The van der Waals surface area contributed by atoms with Gasteiger partial charge in [0.15, 0.2) is 0 Å². The lowest BCUT2D eigenvalue weighted by Gasteiger charge is -2.28. The van der Waals surface area contributed by atoms with Gasteiger partial charge in [-0.2, -0.15) is 0 Å². The van der Waals surface area contributed by atoms with Crippen molar-refractivity contribution in [2.75, 3.05) is 23.7 Å². The quantitative estimate of drug-likeness (QED) is 0.772. The van der Waals surface area contributed by atoms with Gasteiger partial charge in [0.1, 0.15) is 0 Å². The van der Waals surface area contributed by atoms with Crippen LogP contribution in [0.3, 0.4) is 0 Å². The lowest BCUT2D eigenvalue weighted by atomic mass is 9.85. The van der Waals surface area contributed by atoms with Crippen LogP contribution in [-0.4, -0.2) is 24.9 Å². The zero-order valence-corrected chi connectivity index (χ0v) is 14.4. The molecule has 3 N–H and O–H groups in total. The number of hydrogen-bond donors (Lipinski definition) is 3. The molecular weight excluding hydrogens is 314 g/mol. The van der Waals surface area contributed by atoms with Gasteiger partial charge in [-0.05, 0) is 56.0 Å². The molecule has 5 nitrogen and oxygen atoms in total. The van der Waals surface area contributed by atoms with Crippen molar-refractivity contribution in [2.45, 2.75) is 33.1 Å². The third kappa shape index (κ3) is 5.52. The first kappa shape index (κ1) is 17.8. The first-order valence-corrected chi connectivity index (χ1v) is 8.41. The van der Waals surface area contributed by atoms with E-state index in [-0.39, 0.29) is 11.8 Å². The molecule has 0 radical (unpaired) electrons. The van der Waals surface area contributed by atoms with Gasteiger partial charge in [0.25, 0.3) is 0 Å². The standard InChI is InChI=1S/C17H24ClN3O2/c1-11(13-4-3-7-19-10-13)8-17(23)21-16-9-14(18)5-6-15(16)20-12(2)22/h5-6,9,11,13,19H,3-4,7-8,10H2,1-2H3,(H,20,22)(H,21,23). The zero-order valence-electron chi connectivity index (χ0n) is 13.6. The number of halogens is 1. The average molecular weight is 338 g/mol. The second-order valence-electron chi connectivity index (χ2n) is 6.21. The van der Waals surface area contributed by atoms with Gasteiger partial charge in [-0.15, -0.1) is 0 Å². The van der Waals surface area contributed by atoms with Crippen molar-refractivity contribution in [2.24, 2.45) is 11.8 Å². The maximum absolute atomic E-state index is 12.3. The first-order chi connectivity index (χ1) is 11.0. The summed E-state index contributed by atoms with van der Waals surface area (Å²) in [5.41, 5.74) is 1.09. The number of carbonyl (C=O) groups is 2. The number of hydrogen-bond acceptors (Lipinski definition) is 3. The number of nitrogens with one attached hydrogen (secondary N) is 3. The molecule has 6 heteroatoms. The summed E-state index contributed by atoms with van der Waals surface area (Å²) in [6.45, 7) is 5.59. The summed E-state index contributed by atoms with van der Waals surface area (Å²) in [5, 5.41) is 9.46. The summed E-state index contributed by atoms with van der Waals surface area (Å²) in [6.07, 6.45) is 2.78. The molecular formula is C17H24ClN3O2. The van der Waals surface area contributed by atoms with Crippen LogP contribution in [0.4, 0.5) is 11.4 Å². The highest BCUT2D eigenvalue weighted by Crippen LogP contribution is 2.27. The molecule has 23 heavy (non-hydrogen) atoms. The van der Waals surface area contributed by atoms with Crippen molar-refractivity contribution in [3.8, 4) is 0 Å². The summed E-state index contributed by atoms with van der Waals surface area (Å²) >= 11 is 5.99. The molecule has 0 aromatic heterocycles. The Morgan fingerprint density at radius 2 is 2.13 bits per heavy atom. The molecule has 1 aliphatic rings. The number of amides is 2. The molecule has 0 bridgehead atoms. The van der Waals surface area contributed by atoms with Gasteiger partial charge in [0.05, 0.1) is 11.4 Å². The topological polar surface area (TPSA) is 70.2 Å². The van der Waals surface area contributed by atoms with Crippen LogP contribution in [0.1, 0.15) is 33.1 Å². The Hall–Kier alpha value is -1.59. The number of anilines is 2. The highest BCUT2D eigenvalue weighted by Gasteiger charge is 2.22. The van der Waals surface area contributed by atoms with Crippen LogP contribution >= 0.6 is 11.6 Å². The minimum absolute atomic E-state index is 0.0584. The van der Waals surface area contributed by atoms with Gasteiger partial charge >= 0.3 is 0 Å². The summed E-state index contributed by atoms with van der Waals surface area (Å²) in [7, 11) is 0. The Kier molecular flexibility index (Phi) is 6.42. The molecule has 2 unspecified atom stereocenters. The normalized spacial score (nSPS) is 19.0. The van der Waals surface area contributed by atoms with Crippen LogP contribution in [0.25, 0.3) is 0 Å². The molecule has 2 amide bonds. The van der Waals surface area contributed by atoms with Crippen LogP contribution in [0.15, 0.2) is 18.2 Å². The highest BCUT2D eigenvalue weighted by molar-refractivity contribution is 6.31. The molecule has 0 spiro atoms. The molecule has 1 aromatic carbocycles. The molecule has 2 atom stereocenters. The number of benzene rings is 1. The number of carbonyl (C=O) groups excluding carboxylic acids is 2. The van der Waals surface area contributed by atoms with E-state index in [0.717, 1.165) is 25.9 Å². The maximum Gasteiger partial charge on any atom is 0.224 e. The predicted octanol–water partition coefficient (Wildman–Crippen LogP) is 3.26. The van der Waals surface area contributed by atoms with E-state index in [9.17, 15) is 9.59 Å². The van der Waals surface area contributed by atoms with E-state index in [4.69, 9.17) is 11.6 Å². The monoisotopic (exact) mass is 337 g/mol. The molecule has 1 aliphatic heterocycles. The van der Waals surface area contributed by atoms with Gasteiger partial charge in [-0.1, -0.05) is 18.5 Å². The second-order valence-corrected chi connectivity index (χ2v) is 6.64. The average Bonchev–Trinajstić information content (AvgIpc) is 2.50. The molecule has 1 aromatic rings. The number of piperidine rings is 1. The SMILES string of the molecule is CC(=O)Nc1ccc(Cl)cc1NC(=O)CC(C)C1CCCNC1. The van der Waals surface area contributed by atoms with E-state index in [1.807, 2.05) is 0 Å². The zero-order chi connectivity index (χ0) is 16.8. The summed E-state index contributed by atoms with van der Waals surface area (Å²) in [5.74, 6) is 0.594. The minimum atomic E-state index is -0.190. The molecule has 1 heterocycles. The Balaban J connectivity index is 1.98. The van der Waals surface area contributed by atoms with Crippen LogP contribution < -0.4 is 16.0 Å². The largest absolute Gasteiger partial charge is 0.325 e. The van der Waals surface area contributed by atoms with Gasteiger partial charge in [-0.3, -0.25) is 9.59 Å². The minimum Gasteiger partial charge on any atom is -0.325 e. The molecule has 126 valence electrons. The smallest absolute Gasteiger partial charge is 0.224 e. The first-order valence-electron chi connectivity index (χ1n) is 8.03. The fraction of sp³-hybridized carbons (Fsp3) is 0.529. The molecule has 0 aliphatic carbocycles. The van der Waals surface area contributed by atoms with E-state index >= 15 is 0 Å². The van der Waals surface area contributed by atoms with Gasteiger partial charge < -0.3 is 16.0 Å². The van der Waals surface area contributed by atoms with Gasteiger partial charge in [-0.25, -0.2) is 0 Å².